The first kappa shape index (κ1) is 38.6. The Bertz CT molecular complexity index is 2780. The van der Waals surface area contributed by atoms with Crippen LogP contribution in [0.3, 0.4) is 0 Å². The van der Waals surface area contributed by atoms with Crippen LogP contribution in [0.4, 0.5) is 28.4 Å². The number of anilines is 5. The van der Waals surface area contributed by atoms with Gasteiger partial charge in [0.1, 0.15) is 0 Å². The van der Waals surface area contributed by atoms with E-state index in [1.807, 2.05) is 0 Å². The van der Waals surface area contributed by atoms with Crippen molar-refractivity contribution in [3.8, 4) is 11.1 Å². The quantitative estimate of drug-likeness (QED) is 0.161. The largest absolute Gasteiger partial charge is 0.335 e. The Hall–Kier alpha value is -4.28. The smallest absolute Gasteiger partial charge is 0.264 e. The summed E-state index contributed by atoms with van der Waals surface area (Å²) in [5.74, 6) is 0. The van der Waals surface area contributed by atoms with Crippen molar-refractivity contribution in [1.82, 2.24) is 0 Å². The van der Waals surface area contributed by atoms with Gasteiger partial charge in [0.25, 0.3) is 6.71 Å². The van der Waals surface area contributed by atoms with E-state index in [1.54, 1.807) is 11.1 Å². The lowest BCUT2D eigenvalue weighted by atomic mass is 9.36. The number of benzene rings is 5. The zero-order valence-electron chi connectivity index (χ0n) is 38.3. The summed E-state index contributed by atoms with van der Waals surface area (Å²) >= 11 is 2.09. The average molecular weight is 807 g/mol. The van der Waals surface area contributed by atoms with Gasteiger partial charge in [-0.25, -0.2) is 0 Å². The Morgan fingerprint density at radius 2 is 1.22 bits per heavy atom. The summed E-state index contributed by atoms with van der Waals surface area (Å²) in [4.78, 5) is 5.63. The van der Waals surface area contributed by atoms with E-state index in [0.29, 0.717) is 0 Å². The zero-order valence-corrected chi connectivity index (χ0v) is 39.1. The molecule has 1 saturated carbocycles. The molecule has 4 heterocycles. The van der Waals surface area contributed by atoms with E-state index < -0.39 is 0 Å². The molecule has 1 fully saturated rings. The van der Waals surface area contributed by atoms with Crippen LogP contribution in [0.15, 0.2) is 91.0 Å². The lowest BCUT2D eigenvalue weighted by molar-refractivity contribution is 0.195. The van der Waals surface area contributed by atoms with Gasteiger partial charge in [-0.3, -0.25) is 0 Å². The van der Waals surface area contributed by atoms with Gasteiger partial charge < -0.3 is 9.80 Å². The van der Waals surface area contributed by atoms with E-state index in [-0.39, 0.29) is 39.3 Å². The summed E-state index contributed by atoms with van der Waals surface area (Å²) < 4.78 is 2.93. The standard InChI is InChI=1S/C56H63BN2S/c1-51(2,3)36-20-22-38(23-21-36)58-44-28-35(34-18-14-13-15-19-34)29-45-47(44)57(50-48(58)39-32-40-41(33-46(39)60-50)54(9,10)27-26-53(40,7)8)43-31-37(52(4,5)6)30-42-49(43)59(45)56(12)25-17-16-24-55(42,56)11/h13-15,18-23,28-33H,16-17,24-27H2,1-12H3. The van der Waals surface area contributed by atoms with Crippen LogP contribution in [0.2, 0.25) is 0 Å². The number of thiophene rings is 1. The fraction of sp³-hybridized carbons (Fsp3) is 0.429. The molecular weight excluding hydrogens is 744 g/mol. The molecule has 11 rings (SSSR count). The van der Waals surface area contributed by atoms with Crippen LogP contribution in [-0.2, 0) is 27.1 Å². The van der Waals surface area contributed by atoms with Gasteiger partial charge >= 0.3 is 0 Å². The van der Waals surface area contributed by atoms with Crippen LogP contribution >= 0.6 is 11.3 Å². The second-order valence-corrected chi connectivity index (χ2v) is 24.3. The van der Waals surface area contributed by atoms with Crippen LogP contribution in [0, 0.1) is 0 Å². The monoisotopic (exact) mass is 806 g/mol. The van der Waals surface area contributed by atoms with Crippen molar-refractivity contribution >= 4 is 72.3 Å². The maximum absolute atomic E-state index is 2.91. The molecule has 4 heteroatoms. The molecule has 306 valence electrons. The van der Waals surface area contributed by atoms with Crippen molar-refractivity contribution in [2.45, 2.75) is 154 Å². The topological polar surface area (TPSA) is 6.48 Å². The predicted molar refractivity (Wildman–Crippen MR) is 262 cm³/mol. The number of rotatable bonds is 2. The number of hydrogen-bond acceptors (Lipinski definition) is 3. The fourth-order valence-electron chi connectivity index (χ4n) is 12.5. The Kier molecular flexibility index (Phi) is 7.86. The highest BCUT2D eigenvalue weighted by Crippen LogP contribution is 2.63. The van der Waals surface area contributed by atoms with E-state index in [0.717, 1.165) is 0 Å². The molecule has 60 heavy (non-hydrogen) atoms. The number of fused-ring (bicyclic) bond motifs is 10. The second kappa shape index (κ2) is 12.2. The lowest BCUT2D eigenvalue weighted by Crippen LogP contribution is -2.64. The molecule has 2 aliphatic carbocycles. The first-order chi connectivity index (χ1) is 28.2. The highest BCUT2D eigenvalue weighted by Gasteiger charge is 2.62. The van der Waals surface area contributed by atoms with Gasteiger partial charge in [0.15, 0.2) is 0 Å². The molecule has 0 bridgehead atoms. The van der Waals surface area contributed by atoms with Crippen molar-refractivity contribution in [2.75, 3.05) is 9.80 Å². The van der Waals surface area contributed by atoms with Crippen LogP contribution < -0.4 is 25.5 Å². The Morgan fingerprint density at radius 3 is 1.88 bits per heavy atom. The van der Waals surface area contributed by atoms with Crippen molar-refractivity contribution in [2.24, 2.45) is 0 Å². The highest BCUT2D eigenvalue weighted by molar-refractivity contribution is 7.33. The van der Waals surface area contributed by atoms with E-state index in [4.69, 9.17) is 0 Å². The third kappa shape index (κ3) is 5.12. The number of hydrogen-bond donors (Lipinski definition) is 0. The molecule has 3 aliphatic heterocycles. The minimum absolute atomic E-state index is 0.0232. The van der Waals surface area contributed by atoms with Crippen LogP contribution in [0.1, 0.15) is 149 Å². The normalized spacial score (nSPS) is 23.2. The molecule has 2 atom stereocenters. The van der Waals surface area contributed by atoms with Gasteiger partial charge in [-0.15, -0.1) is 11.3 Å². The zero-order chi connectivity index (χ0) is 42.1. The van der Waals surface area contributed by atoms with Gasteiger partial charge in [-0.1, -0.05) is 144 Å². The molecular formula is C56H63BN2S. The third-order valence-corrected chi connectivity index (χ3v) is 17.8. The lowest BCUT2D eigenvalue weighted by Gasteiger charge is -2.52. The van der Waals surface area contributed by atoms with Crippen LogP contribution in [0.5, 0.6) is 0 Å². The first-order valence-electron chi connectivity index (χ1n) is 23.0. The van der Waals surface area contributed by atoms with E-state index in [9.17, 15) is 0 Å². The van der Waals surface area contributed by atoms with E-state index in [1.165, 1.54) is 121 Å². The first-order valence-corrected chi connectivity index (χ1v) is 23.8. The molecule has 5 aromatic carbocycles. The van der Waals surface area contributed by atoms with Gasteiger partial charge in [0.2, 0.25) is 0 Å². The summed E-state index contributed by atoms with van der Waals surface area (Å²) in [5.41, 5.74) is 20.4. The molecule has 2 unspecified atom stereocenters. The molecule has 0 amide bonds. The minimum Gasteiger partial charge on any atom is -0.335 e. The highest BCUT2D eigenvalue weighted by atomic mass is 32.1. The van der Waals surface area contributed by atoms with Crippen molar-refractivity contribution < 1.29 is 0 Å². The second-order valence-electron chi connectivity index (χ2n) is 23.2. The Labute approximate surface area is 364 Å². The summed E-state index contributed by atoms with van der Waals surface area (Å²) in [6, 6.07) is 36.6. The van der Waals surface area contributed by atoms with Crippen molar-refractivity contribution in [3.63, 3.8) is 0 Å². The van der Waals surface area contributed by atoms with Crippen molar-refractivity contribution in [1.29, 1.82) is 0 Å². The summed E-state index contributed by atoms with van der Waals surface area (Å²) in [6.07, 6.45) is 7.40. The maximum Gasteiger partial charge on any atom is 0.264 e. The van der Waals surface area contributed by atoms with Gasteiger partial charge in [-0.05, 0) is 141 Å². The molecule has 0 radical (unpaired) electrons. The molecule has 2 nitrogen and oxygen atoms in total. The predicted octanol–water partition coefficient (Wildman–Crippen LogP) is 13.9. The SMILES string of the molecule is CC(C)(C)c1ccc(N2c3cc(-c4ccccc4)cc4c3B(c3cc(C(C)(C)C)cc5c3N4C3(C)CCCCC53C)c3sc4cc5c(cc4c32)C(C)(C)CCC5(C)C)cc1. The molecule has 0 spiro atoms. The Balaban J connectivity index is 1.31. The van der Waals surface area contributed by atoms with Gasteiger partial charge in [0, 0.05) is 43.0 Å². The Morgan fingerprint density at radius 1 is 0.583 bits per heavy atom. The average Bonchev–Trinajstić information content (AvgIpc) is 3.67. The van der Waals surface area contributed by atoms with Crippen LogP contribution in [-0.4, -0.2) is 12.3 Å². The van der Waals surface area contributed by atoms with Gasteiger partial charge in [0.05, 0.1) is 11.2 Å². The molecule has 6 aromatic rings. The minimum atomic E-state index is -0.0389. The summed E-state index contributed by atoms with van der Waals surface area (Å²) in [6.45, 7) is 29.6. The molecule has 0 saturated heterocycles. The van der Waals surface area contributed by atoms with Crippen molar-refractivity contribution in [3.05, 3.63) is 119 Å². The van der Waals surface area contributed by atoms with Crippen LogP contribution in [0.25, 0.3) is 21.2 Å². The summed E-state index contributed by atoms with van der Waals surface area (Å²) in [5, 5.41) is 1.41. The molecule has 0 N–H and O–H groups in total. The van der Waals surface area contributed by atoms with Gasteiger partial charge in [-0.2, -0.15) is 0 Å². The summed E-state index contributed by atoms with van der Waals surface area (Å²) in [7, 11) is 0. The maximum atomic E-state index is 2.91. The number of nitrogens with zero attached hydrogens (tertiary/aromatic N) is 2. The fourth-order valence-corrected chi connectivity index (χ4v) is 13.8. The van der Waals surface area contributed by atoms with E-state index >= 15 is 0 Å². The third-order valence-electron chi connectivity index (χ3n) is 16.6. The molecule has 5 aliphatic rings. The van der Waals surface area contributed by atoms with E-state index in [2.05, 4.69) is 195 Å². The molecule has 1 aromatic heterocycles.